The number of rotatable bonds is 5. The molecule has 124 valence electrons. The summed E-state index contributed by atoms with van der Waals surface area (Å²) in [6, 6.07) is 16.4. The predicted octanol–water partition coefficient (Wildman–Crippen LogP) is 2.46. The van der Waals surface area contributed by atoms with Crippen molar-refractivity contribution in [1.82, 2.24) is 9.71 Å². The number of benzene rings is 2. The van der Waals surface area contributed by atoms with E-state index >= 15 is 0 Å². The first-order valence-corrected chi connectivity index (χ1v) is 9.22. The summed E-state index contributed by atoms with van der Waals surface area (Å²) in [7, 11) is -3.51. The van der Waals surface area contributed by atoms with Gasteiger partial charge in [-0.3, -0.25) is 4.79 Å². The molecule has 0 aliphatic heterocycles. The van der Waals surface area contributed by atoms with Crippen molar-refractivity contribution in [3.05, 3.63) is 81.6 Å². The molecule has 6 heteroatoms. The molecule has 3 rings (SSSR count). The van der Waals surface area contributed by atoms with E-state index in [0.29, 0.717) is 11.1 Å². The lowest BCUT2D eigenvalue weighted by Gasteiger charge is -2.08. The van der Waals surface area contributed by atoms with Gasteiger partial charge in [0.25, 0.3) is 5.56 Å². The van der Waals surface area contributed by atoms with Gasteiger partial charge in [-0.15, -0.1) is 0 Å². The predicted molar refractivity (Wildman–Crippen MR) is 95.2 cm³/mol. The largest absolute Gasteiger partial charge is 0.322 e. The summed E-state index contributed by atoms with van der Waals surface area (Å²) in [5, 5.41) is 0.873. The Hall–Kier alpha value is -2.44. The molecule has 2 N–H and O–H groups in total. The maximum Gasteiger partial charge on any atom is 0.252 e. The molecule has 0 amide bonds. The number of aryl methyl sites for hydroxylation is 1. The molecule has 24 heavy (non-hydrogen) atoms. The van der Waals surface area contributed by atoms with Crippen molar-refractivity contribution in [2.24, 2.45) is 0 Å². The van der Waals surface area contributed by atoms with Crippen LogP contribution in [0.25, 0.3) is 10.9 Å². The van der Waals surface area contributed by atoms with Gasteiger partial charge in [-0.05, 0) is 35.6 Å². The van der Waals surface area contributed by atoms with Crippen molar-refractivity contribution < 1.29 is 8.42 Å². The lowest BCUT2D eigenvalue weighted by atomic mass is 10.1. The number of aromatic amines is 1. The molecule has 2 aromatic carbocycles. The van der Waals surface area contributed by atoms with E-state index in [1.165, 1.54) is 0 Å². The molecule has 0 unspecified atom stereocenters. The summed E-state index contributed by atoms with van der Waals surface area (Å²) < 4.78 is 26.8. The zero-order valence-electron chi connectivity index (χ0n) is 13.2. The molecule has 1 heterocycles. The van der Waals surface area contributed by atoms with Gasteiger partial charge in [0, 0.05) is 17.6 Å². The average molecular weight is 342 g/mol. The first-order chi connectivity index (χ1) is 11.4. The fourth-order valence-corrected chi connectivity index (χ4v) is 3.63. The van der Waals surface area contributed by atoms with E-state index in [1.54, 1.807) is 30.3 Å². The van der Waals surface area contributed by atoms with Gasteiger partial charge in [-0.25, -0.2) is 13.1 Å². The number of hydrogen-bond donors (Lipinski definition) is 2. The van der Waals surface area contributed by atoms with Crippen LogP contribution >= 0.6 is 0 Å². The van der Waals surface area contributed by atoms with Crippen molar-refractivity contribution >= 4 is 20.9 Å². The van der Waals surface area contributed by atoms with Gasteiger partial charge in [-0.2, -0.15) is 0 Å². The van der Waals surface area contributed by atoms with Crippen molar-refractivity contribution in [3.63, 3.8) is 0 Å². The zero-order chi connectivity index (χ0) is 17.2. The first kappa shape index (κ1) is 16.4. The Morgan fingerprint density at radius 1 is 1.04 bits per heavy atom. The van der Waals surface area contributed by atoms with Crippen LogP contribution in [0.5, 0.6) is 0 Å². The number of hydrogen-bond acceptors (Lipinski definition) is 3. The fraction of sp³-hybridized carbons (Fsp3) is 0.167. The Morgan fingerprint density at radius 2 is 1.79 bits per heavy atom. The van der Waals surface area contributed by atoms with Crippen molar-refractivity contribution in [2.45, 2.75) is 19.2 Å². The van der Waals surface area contributed by atoms with Crippen molar-refractivity contribution in [1.29, 1.82) is 0 Å². The summed E-state index contributed by atoms with van der Waals surface area (Å²) in [5.74, 6) is -0.113. The molecule has 0 atom stereocenters. The highest BCUT2D eigenvalue weighted by atomic mass is 32.2. The van der Waals surface area contributed by atoms with Crippen LogP contribution in [0.15, 0.2) is 59.4 Å². The second-order valence-electron chi connectivity index (χ2n) is 5.78. The molecule has 1 aromatic heterocycles. The Labute approximate surface area is 140 Å². The highest BCUT2D eigenvalue weighted by Crippen LogP contribution is 2.13. The topological polar surface area (TPSA) is 79.0 Å². The monoisotopic (exact) mass is 342 g/mol. The molecule has 0 spiro atoms. The van der Waals surface area contributed by atoms with Gasteiger partial charge in [0.1, 0.15) is 0 Å². The maximum atomic E-state index is 12.2. The fourth-order valence-electron chi connectivity index (χ4n) is 2.52. The quantitative estimate of drug-likeness (QED) is 0.747. The van der Waals surface area contributed by atoms with Crippen LogP contribution in [-0.2, 0) is 22.3 Å². The third-order valence-corrected chi connectivity index (χ3v) is 5.06. The van der Waals surface area contributed by atoms with Crippen molar-refractivity contribution in [2.75, 3.05) is 0 Å². The molecule has 0 aliphatic rings. The zero-order valence-corrected chi connectivity index (χ0v) is 14.1. The minimum Gasteiger partial charge on any atom is -0.322 e. The Morgan fingerprint density at radius 3 is 2.54 bits per heavy atom. The third kappa shape index (κ3) is 3.90. The van der Waals surface area contributed by atoms with E-state index in [2.05, 4.69) is 9.71 Å². The van der Waals surface area contributed by atoms with E-state index in [9.17, 15) is 13.2 Å². The minimum absolute atomic E-state index is 0.0334. The first-order valence-electron chi connectivity index (χ1n) is 7.57. The van der Waals surface area contributed by atoms with Gasteiger partial charge < -0.3 is 4.98 Å². The van der Waals surface area contributed by atoms with E-state index in [0.717, 1.165) is 16.5 Å². The molecule has 0 bridgehead atoms. The van der Waals surface area contributed by atoms with Crippen LogP contribution in [0, 0.1) is 6.92 Å². The van der Waals surface area contributed by atoms with Crippen LogP contribution < -0.4 is 10.3 Å². The van der Waals surface area contributed by atoms with E-state index < -0.39 is 10.0 Å². The number of nitrogens with one attached hydrogen (secondary N) is 2. The highest BCUT2D eigenvalue weighted by molar-refractivity contribution is 7.88. The second kappa shape index (κ2) is 6.59. The number of aromatic nitrogens is 1. The molecule has 0 fully saturated rings. The minimum atomic E-state index is -3.51. The number of fused-ring (bicyclic) bond motifs is 1. The van der Waals surface area contributed by atoms with Gasteiger partial charge >= 0.3 is 0 Å². The van der Waals surface area contributed by atoms with Gasteiger partial charge in [0.05, 0.1) is 5.75 Å². The van der Waals surface area contributed by atoms with Crippen LogP contribution in [0.1, 0.15) is 16.7 Å². The van der Waals surface area contributed by atoms with E-state index in [4.69, 9.17) is 0 Å². The third-order valence-electron chi connectivity index (χ3n) is 3.76. The Bertz CT molecular complexity index is 1030. The SMILES string of the molecule is Cc1ccc2cc(CNS(=O)(=O)Cc3ccccc3)c(=O)[nH]c2c1. The van der Waals surface area contributed by atoms with E-state index in [-0.39, 0.29) is 17.9 Å². The molecule has 0 saturated heterocycles. The molecule has 3 aromatic rings. The Kier molecular flexibility index (Phi) is 4.51. The van der Waals surface area contributed by atoms with Crippen molar-refractivity contribution in [3.8, 4) is 0 Å². The summed E-state index contributed by atoms with van der Waals surface area (Å²) in [6.07, 6.45) is 0. The number of H-pyrrole nitrogens is 1. The molecule has 0 saturated carbocycles. The molecular formula is C18H18N2O3S. The van der Waals surface area contributed by atoms with Gasteiger partial charge in [0.15, 0.2) is 0 Å². The summed E-state index contributed by atoms with van der Waals surface area (Å²) in [4.78, 5) is 14.9. The highest BCUT2D eigenvalue weighted by Gasteiger charge is 2.12. The average Bonchev–Trinajstić information content (AvgIpc) is 2.53. The molecule has 5 nitrogen and oxygen atoms in total. The van der Waals surface area contributed by atoms with E-state index in [1.807, 2.05) is 31.2 Å². The maximum absolute atomic E-state index is 12.2. The lowest BCUT2D eigenvalue weighted by molar-refractivity contribution is 0.580. The van der Waals surface area contributed by atoms with Crippen LogP contribution in [-0.4, -0.2) is 13.4 Å². The van der Waals surface area contributed by atoms with Crippen LogP contribution in [0.2, 0.25) is 0 Å². The van der Waals surface area contributed by atoms with Crippen LogP contribution in [0.4, 0.5) is 0 Å². The van der Waals surface area contributed by atoms with Crippen LogP contribution in [0.3, 0.4) is 0 Å². The summed E-state index contributed by atoms with van der Waals surface area (Å²) in [6.45, 7) is 1.91. The summed E-state index contributed by atoms with van der Waals surface area (Å²) >= 11 is 0. The standard InChI is InChI=1S/C18H18N2O3S/c1-13-7-8-15-10-16(18(21)20-17(15)9-13)11-19-24(22,23)12-14-5-3-2-4-6-14/h2-10,19H,11-12H2,1H3,(H,20,21). The van der Waals surface area contributed by atoms with Gasteiger partial charge in [0.2, 0.25) is 10.0 Å². The molecular weight excluding hydrogens is 324 g/mol. The molecule has 0 aliphatic carbocycles. The smallest absolute Gasteiger partial charge is 0.252 e. The number of pyridine rings is 1. The summed E-state index contributed by atoms with van der Waals surface area (Å²) in [5.41, 5.74) is 2.61. The van der Waals surface area contributed by atoms with Gasteiger partial charge in [-0.1, -0.05) is 42.5 Å². The Balaban J connectivity index is 1.79. The normalized spacial score (nSPS) is 11.7. The number of sulfonamides is 1. The molecule has 0 radical (unpaired) electrons. The second-order valence-corrected chi connectivity index (χ2v) is 7.59. The lowest BCUT2D eigenvalue weighted by Crippen LogP contribution is -2.28.